The number of aliphatic hydroxyl groups is 1. The molecule has 1 atom stereocenters. The summed E-state index contributed by atoms with van der Waals surface area (Å²) in [5, 5.41) is 14.0. The molecule has 1 saturated heterocycles. The van der Waals surface area contributed by atoms with Crippen molar-refractivity contribution in [3.05, 3.63) is 85.6 Å². The number of amides is 1. The van der Waals surface area contributed by atoms with E-state index in [1.807, 2.05) is 57.3 Å². The number of aliphatic hydroxyl groups excluding tert-OH is 1. The summed E-state index contributed by atoms with van der Waals surface area (Å²) in [6, 6.07) is 11.9. The number of carbonyl (C=O) groups excluding carboxylic acids is 2. The molecular weight excluding hydrogens is 470 g/mol. The van der Waals surface area contributed by atoms with E-state index in [9.17, 15) is 14.7 Å². The lowest BCUT2D eigenvalue weighted by Gasteiger charge is -2.26. The topological polar surface area (TPSA) is 66.8 Å². The number of hydrogen-bond donors (Lipinski definition) is 1. The summed E-state index contributed by atoms with van der Waals surface area (Å²) >= 11 is 7.57. The highest BCUT2D eigenvalue weighted by Crippen LogP contribution is 2.45. The fourth-order valence-corrected chi connectivity index (χ4v) is 5.46. The predicted octanol–water partition coefficient (Wildman–Crippen LogP) is 6.78. The molecule has 7 heteroatoms. The maximum atomic E-state index is 13.4. The Balaban J connectivity index is 1.97. The molecule has 1 fully saturated rings. The van der Waals surface area contributed by atoms with Gasteiger partial charge in [0.05, 0.1) is 12.7 Å². The second-order valence-corrected chi connectivity index (χ2v) is 10.1. The average molecular weight is 496 g/mol. The Bertz CT molecular complexity index is 1310. The van der Waals surface area contributed by atoms with Gasteiger partial charge in [0.25, 0.3) is 11.7 Å². The highest BCUT2D eigenvalue weighted by Gasteiger charge is 2.48. The van der Waals surface area contributed by atoms with Gasteiger partial charge in [0.2, 0.25) is 0 Å². The zero-order chi connectivity index (χ0) is 24.7. The number of halogens is 1. The van der Waals surface area contributed by atoms with Crippen molar-refractivity contribution in [2.75, 3.05) is 12.0 Å². The molecule has 34 heavy (non-hydrogen) atoms. The van der Waals surface area contributed by atoms with Gasteiger partial charge in [-0.05, 0) is 78.2 Å². The van der Waals surface area contributed by atoms with E-state index in [4.69, 9.17) is 16.3 Å². The van der Waals surface area contributed by atoms with Crippen molar-refractivity contribution in [3.63, 3.8) is 0 Å². The fraction of sp³-hybridized carbons (Fsp3) is 0.259. The second kappa shape index (κ2) is 9.28. The van der Waals surface area contributed by atoms with Gasteiger partial charge in [0.1, 0.15) is 17.6 Å². The summed E-state index contributed by atoms with van der Waals surface area (Å²) in [7, 11) is 1.61. The van der Waals surface area contributed by atoms with Gasteiger partial charge in [0.15, 0.2) is 0 Å². The standard InChI is InChI=1S/C27H26ClNO4S/c1-14(2)18-13-19(15(3)12-21(18)33-5)25(30)23-24(22-7-6-10-34-22)29(27(32)26(23)31)20-9-8-17(28)11-16(20)4/h6-14,24,30H,1-5H3/b25-23+. The van der Waals surface area contributed by atoms with Gasteiger partial charge in [-0.25, -0.2) is 0 Å². The molecule has 176 valence electrons. The third-order valence-electron chi connectivity index (χ3n) is 6.13. The van der Waals surface area contributed by atoms with Crippen molar-refractivity contribution in [3.8, 4) is 5.75 Å². The average Bonchev–Trinajstić information content (AvgIpc) is 3.40. The number of anilines is 1. The minimum atomic E-state index is -0.746. The lowest BCUT2D eigenvalue weighted by atomic mass is 9.92. The third-order valence-corrected chi connectivity index (χ3v) is 7.29. The number of ether oxygens (including phenoxy) is 1. The lowest BCUT2D eigenvalue weighted by molar-refractivity contribution is -0.132. The van der Waals surface area contributed by atoms with E-state index < -0.39 is 17.7 Å². The van der Waals surface area contributed by atoms with Gasteiger partial charge in [-0.1, -0.05) is 31.5 Å². The molecule has 5 nitrogen and oxygen atoms in total. The second-order valence-electron chi connectivity index (χ2n) is 8.68. The van der Waals surface area contributed by atoms with E-state index in [1.54, 1.807) is 25.3 Å². The first kappa shape index (κ1) is 24.0. The zero-order valence-electron chi connectivity index (χ0n) is 19.7. The van der Waals surface area contributed by atoms with E-state index in [0.29, 0.717) is 16.3 Å². The number of ketones is 1. The van der Waals surface area contributed by atoms with Gasteiger partial charge in [-0.15, -0.1) is 11.3 Å². The number of carbonyl (C=O) groups is 2. The van der Waals surface area contributed by atoms with Gasteiger partial charge < -0.3 is 9.84 Å². The van der Waals surface area contributed by atoms with Crippen LogP contribution in [-0.4, -0.2) is 23.9 Å². The smallest absolute Gasteiger partial charge is 0.300 e. The Kier molecular flexibility index (Phi) is 6.56. The molecule has 0 aliphatic carbocycles. The van der Waals surface area contributed by atoms with Crippen LogP contribution in [0.1, 0.15) is 52.9 Å². The fourth-order valence-electron chi connectivity index (χ4n) is 4.41. The molecule has 0 spiro atoms. The normalized spacial score (nSPS) is 17.6. The van der Waals surface area contributed by atoms with Gasteiger partial charge in [-0.3, -0.25) is 14.5 Å². The van der Waals surface area contributed by atoms with Crippen LogP contribution in [0.25, 0.3) is 5.76 Å². The monoisotopic (exact) mass is 495 g/mol. The van der Waals surface area contributed by atoms with Crippen LogP contribution in [-0.2, 0) is 9.59 Å². The molecule has 1 unspecified atom stereocenters. The van der Waals surface area contributed by atoms with Crippen molar-refractivity contribution in [1.29, 1.82) is 0 Å². The van der Waals surface area contributed by atoms with E-state index in [2.05, 4.69) is 0 Å². The number of thiophene rings is 1. The number of Topliss-reactive ketones (excluding diaryl/α,β-unsaturated/α-hetero) is 1. The summed E-state index contributed by atoms with van der Waals surface area (Å²) in [4.78, 5) is 29.0. The molecule has 3 aromatic rings. The molecule has 0 saturated carbocycles. The van der Waals surface area contributed by atoms with Crippen LogP contribution >= 0.6 is 22.9 Å². The van der Waals surface area contributed by atoms with Crippen molar-refractivity contribution >= 4 is 46.1 Å². The van der Waals surface area contributed by atoms with Crippen molar-refractivity contribution in [2.45, 2.75) is 39.7 Å². The largest absolute Gasteiger partial charge is 0.507 e. The Hall–Kier alpha value is -3.09. The maximum absolute atomic E-state index is 13.4. The van der Waals surface area contributed by atoms with E-state index in [-0.39, 0.29) is 17.3 Å². The molecule has 1 N–H and O–H groups in total. The van der Waals surface area contributed by atoms with Crippen molar-refractivity contribution in [1.82, 2.24) is 0 Å². The van der Waals surface area contributed by atoms with Crippen LogP contribution in [0.3, 0.4) is 0 Å². The summed E-state index contributed by atoms with van der Waals surface area (Å²) in [5.74, 6) is -0.731. The summed E-state index contributed by atoms with van der Waals surface area (Å²) < 4.78 is 5.53. The van der Waals surface area contributed by atoms with E-state index in [0.717, 1.165) is 27.3 Å². The Morgan fingerprint density at radius 1 is 1.12 bits per heavy atom. The quantitative estimate of drug-likeness (QED) is 0.241. The Morgan fingerprint density at radius 3 is 2.44 bits per heavy atom. The van der Waals surface area contributed by atoms with Crippen LogP contribution < -0.4 is 9.64 Å². The molecule has 4 rings (SSSR count). The highest BCUT2D eigenvalue weighted by atomic mass is 35.5. The highest BCUT2D eigenvalue weighted by molar-refractivity contribution is 7.10. The number of hydrogen-bond acceptors (Lipinski definition) is 5. The number of rotatable bonds is 5. The zero-order valence-corrected chi connectivity index (χ0v) is 21.3. The van der Waals surface area contributed by atoms with Crippen LogP contribution in [0.2, 0.25) is 5.02 Å². The molecule has 1 amide bonds. The van der Waals surface area contributed by atoms with Gasteiger partial charge >= 0.3 is 0 Å². The minimum absolute atomic E-state index is 0.0739. The van der Waals surface area contributed by atoms with Gasteiger partial charge in [0, 0.05) is 21.2 Å². The number of benzene rings is 2. The first-order valence-electron chi connectivity index (χ1n) is 10.9. The number of methoxy groups -OCH3 is 1. The third kappa shape index (κ3) is 4.01. The maximum Gasteiger partial charge on any atom is 0.300 e. The molecule has 0 radical (unpaired) electrons. The van der Waals surface area contributed by atoms with E-state index in [1.165, 1.54) is 16.2 Å². The molecule has 1 aromatic heterocycles. The molecule has 2 heterocycles. The first-order chi connectivity index (χ1) is 16.1. The number of nitrogens with zero attached hydrogens (tertiary/aromatic N) is 1. The minimum Gasteiger partial charge on any atom is -0.507 e. The summed E-state index contributed by atoms with van der Waals surface area (Å²) in [6.07, 6.45) is 0. The van der Waals surface area contributed by atoms with Gasteiger partial charge in [-0.2, -0.15) is 0 Å². The number of aryl methyl sites for hydroxylation is 2. The molecule has 0 bridgehead atoms. The Morgan fingerprint density at radius 2 is 1.85 bits per heavy atom. The molecule has 1 aliphatic rings. The van der Waals surface area contributed by atoms with Crippen LogP contribution in [0.5, 0.6) is 5.75 Å². The van der Waals surface area contributed by atoms with Crippen molar-refractivity contribution in [2.24, 2.45) is 0 Å². The van der Waals surface area contributed by atoms with E-state index >= 15 is 0 Å². The summed E-state index contributed by atoms with van der Waals surface area (Å²) in [5.41, 5.74) is 3.58. The molecule has 2 aromatic carbocycles. The SMILES string of the molecule is COc1cc(C)c(/C(O)=C2\C(=O)C(=O)N(c3ccc(Cl)cc3C)C2c2cccs2)cc1C(C)C. The molecular formula is C27H26ClNO4S. The first-order valence-corrected chi connectivity index (χ1v) is 12.2. The lowest BCUT2D eigenvalue weighted by Crippen LogP contribution is -2.29. The summed E-state index contributed by atoms with van der Waals surface area (Å²) in [6.45, 7) is 7.76. The Labute approximate surface area is 208 Å². The van der Waals surface area contributed by atoms with Crippen LogP contribution in [0.4, 0.5) is 5.69 Å². The predicted molar refractivity (Wildman–Crippen MR) is 137 cm³/mol. The van der Waals surface area contributed by atoms with Crippen LogP contribution in [0, 0.1) is 13.8 Å². The van der Waals surface area contributed by atoms with Crippen LogP contribution in [0.15, 0.2) is 53.4 Å². The van der Waals surface area contributed by atoms with Crippen molar-refractivity contribution < 1.29 is 19.4 Å². The molecule has 1 aliphatic heterocycles.